The minimum Gasteiger partial charge on any atom is -0.488 e. The van der Waals surface area contributed by atoms with Crippen LogP contribution in [0.15, 0.2) is 36.5 Å². The van der Waals surface area contributed by atoms with Gasteiger partial charge in [0.1, 0.15) is 29.8 Å². The van der Waals surface area contributed by atoms with Crippen molar-refractivity contribution >= 4 is 5.82 Å². The van der Waals surface area contributed by atoms with E-state index in [0.29, 0.717) is 12.2 Å². The van der Waals surface area contributed by atoms with Crippen molar-refractivity contribution in [2.75, 3.05) is 5.73 Å². The van der Waals surface area contributed by atoms with E-state index in [1.54, 1.807) is 10.9 Å². The number of pyridine rings is 1. The monoisotopic (exact) mass is 303 g/mol. The molecule has 0 atom stereocenters. The third-order valence-corrected chi connectivity index (χ3v) is 4.03. The van der Waals surface area contributed by atoms with Crippen LogP contribution in [-0.2, 0) is 13.7 Å². The topological polar surface area (TPSA) is 89.8 Å². The molecule has 0 aliphatic carbocycles. The maximum Gasteiger partial charge on any atom is 0.142 e. The van der Waals surface area contributed by atoms with E-state index in [4.69, 9.17) is 10.5 Å². The molecule has 6 nitrogen and oxygen atoms in total. The van der Waals surface area contributed by atoms with Gasteiger partial charge in [0.05, 0.1) is 11.4 Å². The highest BCUT2D eigenvalue weighted by molar-refractivity contribution is 5.85. The molecule has 0 spiro atoms. The van der Waals surface area contributed by atoms with Crippen molar-refractivity contribution in [1.29, 1.82) is 5.26 Å². The number of hydrogen-bond donors (Lipinski definition) is 1. The van der Waals surface area contributed by atoms with E-state index in [1.807, 2.05) is 37.4 Å². The van der Waals surface area contributed by atoms with Crippen LogP contribution in [0.2, 0.25) is 0 Å². The Labute approximate surface area is 132 Å². The van der Waals surface area contributed by atoms with Crippen molar-refractivity contribution in [3.63, 3.8) is 0 Å². The third kappa shape index (κ3) is 1.87. The summed E-state index contributed by atoms with van der Waals surface area (Å²) in [5.41, 5.74) is 10.5. The fraction of sp³-hybridized carbons (Fsp3) is 0.118. The minimum atomic E-state index is 0.221. The Kier molecular flexibility index (Phi) is 2.81. The molecule has 0 fully saturated rings. The number of nitrogens with two attached hydrogens (primary N) is 1. The molecule has 0 radical (unpaired) electrons. The molecule has 4 rings (SSSR count). The van der Waals surface area contributed by atoms with E-state index in [9.17, 15) is 5.26 Å². The van der Waals surface area contributed by atoms with Gasteiger partial charge in [-0.05, 0) is 18.2 Å². The number of hydrogen-bond acceptors (Lipinski definition) is 5. The van der Waals surface area contributed by atoms with E-state index in [0.717, 1.165) is 33.8 Å². The fourth-order valence-corrected chi connectivity index (χ4v) is 2.96. The number of nitriles is 1. The first kappa shape index (κ1) is 13.3. The molecule has 112 valence electrons. The van der Waals surface area contributed by atoms with Crippen LogP contribution in [0.1, 0.15) is 11.1 Å². The molecule has 23 heavy (non-hydrogen) atoms. The molecular formula is C17H13N5O. The molecule has 2 aromatic heterocycles. The zero-order chi connectivity index (χ0) is 16.0. The Morgan fingerprint density at radius 2 is 2.13 bits per heavy atom. The van der Waals surface area contributed by atoms with Gasteiger partial charge < -0.3 is 10.5 Å². The Morgan fingerprint density at radius 1 is 1.30 bits per heavy atom. The molecule has 0 saturated carbocycles. The standard InChI is InChI=1S/C17H13N5O/c1-22-13(6-7-20-22)15-11(8-18)17(19)21-16-10-4-2-3-5-14(10)23-9-12(15)16/h2-7H,9H2,1H3,(H2,19,21). The van der Waals surface area contributed by atoms with Gasteiger partial charge in [-0.25, -0.2) is 4.98 Å². The number of ether oxygens (including phenoxy) is 1. The number of rotatable bonds is 1. The predicted molar refractivity (Wildman–Crippen MR) is 85.3 cm³/mol. The van der Waals surface area contributed by atoms with Crippen LogP contribution in [0, 0.1) is 11.3 Å². The summed E-state index contributed by atoms with van der Waals surface area (Å²) in [7, 11) is 1.83. The third-order valence-electron chi connectivity index (χ3n) is 4.03. The van der Waals surface area contributed by atoms with Crippen LogP contribution in [0.25, 0.3) is 22.5 Å². The fourth-order valence-electron chi connectivity index (χ4n) is 2.96. The second-order valence-corrected chi connectivity index (χ2v) is 5.31. The van der Waals surface area contributed by atoms with Gasteiger partial charge in [-0.15, -0.1) is 0 Å². The van der Waals surface area contributed by atoms with Crippen LogP contribution in [0.3, 0.4) is 0 Å². The average molecular weight is 303 g/mol. The van der Waals surface area contributed by atoms with Crippen LogP contribution in [-0.4, -0.2) is 14.8 Å². The molecule has 6 heteroatoms. The highest BCUT2D eigenvalue weighted by Crippen LogP contribution is 2.42. The lowest BCUT2D eigenvalue weighted by Crippen LogP contribution is -2.13. The summed E-state index contributed by atoms with van der Waals surface area (Å²) in [5, 5.41) is 13.7. The summed E-state index contributed by atoms with van der Waals surface area (Å²) in [4.78, 5) is 4.47. The number of nitrogen functional groups attached to an aromatic ring is 1. The highest BCUT2D eigenvalue weighted by Gasteiger charge is 2.27. The molecule has 3 heterocycles. The first-order valence-corrected chi connectivity index (χ1v) is 7.13. The van der Waals surface area contributed by atoms with Gasteiger partial charge in [0.15, 0.2) is 0 Å². The van der Waals surface area contributed by atoms with Gasteiger partial charge in [0.2, 0.25) is 0 Å². The van der Waals surface area contributed by atoms with Crippen molar-refractivity contribution in [3.05, 3.63) is 47.7 Å². The summed E-state index contributed by atoms with van der Waals surface area (Å²) < 4.78 is 7.57. The first-order chi connectivity index (χ1) is 11.2. The van der Waals surface area contributed by atoms with E-state index < -0.39 is 0 Å². The molecule has 1 aliphatic heterocycles. The van der Waals surface area contributed by atoms with E-state index in [-0.39, 0.29) is 5.82 Å². The molecule has 1 aromatic carbocycles. The lowest BCUT2D eigenvalue weighted by atomic mass is 9.93. The number of aryl methyl sites for hydroxylation is 1. The van der Waals surface area contributed by atoms with E-state index in [1.165, 1.54) is 0 Å². The zero-order valence-electron chi connectivity index (χ0n) is 12.4. The van der Waals surface area contributed by atoms with Crippen LogP contribution in [0.5, 0.6) is 5.75 Å². The second-order valence-electron chi connectivity index (χ2n) is 5.31. The maximum absolute atomic E-state index is 9.55. The SMILES string of the molecule is Cn1nccc1-c1c(C#N)c(N)nc2c1COc1ccccc1-2. The van der Waals surface area contributed by atoms with E-state index >= 15 is 0 Å². The van der Waals surface area contributed by atoms with Gasteiger partial charge in [-0.3, -0.25) is 4.68 Å². The van der Waals surface area contributed by atoms with Gasteiger partial charge in [-0.2, -0.15) is 10.4 Å². The minimum absolute atomic E-state index is 0.221. The van der Waals surface area contributed by atoms with E-state index in [2.05, 4.69) is 16.2 Å². The summed E-state index contributed by atoms with van der Waals surface area (Å²) in [6, 6.07) is 11.7. The number of benzene rings is 1. The Hall–Kier alpha value is -3.33. The van der Waals surface area contributed by atoms with Crippen LogP contribution < -0.4 is 10.5 Å². The molecule has 0 amide bonds. The van der Waals surface area contributed by atoms with Crippen molar-refractivity contribution in [3.8, 4) is 34.3 Å². The van der Waals surface area contributed by atoms with Gasteiger partial charge in [-0.1, -0.05) is 12.1 Å². The number of aromatic nitrogens is 3. The predicted octanol–water partition coefficient (Wildman–Crippen LogP) is 2.50. The van der Waals surface area contributed by atoms with Crippen molar-refractivity contribution in [2.24, 2.45) is 7.05 Å². The summed E-state index contributed by atoms with van der Waals surface area (Å²) >= 11 is 0. The molecule has 0 saturated heterocycles. The smallest absolute Gasteiger partial charge is 0.142 e. The molecule has 0 bridgehead atoms. The van der Waals surface area contributed by atoms with Gasteiger partial charge in [0.25, 0.3) is 0 Å². The lowest BCUT2D eigenvalue weighted by Gasteiger charge is -2.23. The highest BCUT2D eigenvalue weighted by atomic mass is 16.5. The first-order valence-electron chi connectivity index (χ1n) is 7.13. The van der Waals surface area contributed by atoms with Crippen molar-refractivity contribution in [2.45, 2.75) is 6.61 Å². The molecule has 0 unspecified atom stereocenters. The normalized spacial score (nSPS) is 12.0. The summed E-state index contributed by atoms with van der Waals surface area (Å²) in [6.45, 7) is 0.342. The van der Waals surface area contributed by atoms with Crippen LogP contribution >= 0.6 is 0 Å². The summed E-state index contributed by atoms with van der Waals surface area (Å²) in [6.07, 6.45) is 1.69. The number of fused-ring (bicyclic) bond motifs is 3. The van der Waals surface area contributed by atoms with Gasteiger partial charge in [0, 0.05) is 29.9 Å². The van der Waals surface area contributed by atoms with Crippen molar-refractivity contribution in [1.82, 2.24) is 14.8 Å². The van der Waals surface area contributed by atoms with Gasteiger partial charge >= 0.3 is 0 Å². The number of nitrogens with zero attached hydrogens (tertiary/aromatic N) is 4. The molecule has 2 N–H and O–H groups in total. The van der Waals surface area contributed by atoms with Crippen molar-refractivity contribution < 1.29 is 4.74 Å². The number of para-hydroxylation sites is 1. The average Bonchev–Trinajstić information content (AvgIpc) is 2.99. The number of anilines is 1. The lowest BCUT2D eigenvalue weighted by molar-refractivity contribution is 0.302. The second kappa shape index (κ2) is 4.85. The largest absolute Gasteiger partial charge is 0.488 e. The Morgan fingerprint density at radius 3 is 2.87 bits per heavy atom. The zero-order valence-corrected chi connectivity index (χ0v) is 12.4. The molecule has 1 aliphatic rings. The summed E-state index contributed by atoms with van der Waals surface area (Å²) in [5.74, 6) is 0.992. The molecular weight excluding hydrogens is 290 g/mol. The molecule has 3 aromatic rings. The quantitative estimate of drug-likeness (QED) is 0.746. The Balaban J connectivity index is 2.10. The Bertz CT molecular complexity index is 968. The van der Waals surface area contributed by atoms with Crippen LogP contribution in [0.4, 0.5) is 5.82 Å². The maximum atomic E-state index is 9.55.